The number of aliphatic hydroxyl groups excluding tert-OH is 1. The summed E-state index contributed by atoms with van der Waals surface area (Å²) in [5.74, 6) is 0.830. The van der Waals surface area contributed by atoms with Gasteiger partial charge in [-0.1, -0.05) is 48.0 Å². The summed E-state index contributed by atoms with van der Waals surface area (Å²) in [6.07, 6.45) is 0.398. The van der Waals surface area contributed by atoms with Crippen molar-refractivity contribution in [3.8, 4) is 5.75 Å². The van der Waals surface area contributed by atoms with Crippen LogP contribution in [0.4, 0.5) is 0 Å². The maximum absolute atomic E-state index is 10.5. The fraction of sp³-hybridized carbons (Fsp3) is 0.455. The molecular weight excluding hydrogens is 326 g/mol. The fourth-order valence-corrected chi connectivity index (χ4v) is 2.99. The summed E-state index contributed by atoms with van der Waals surface area (Å²) in [5.41, 5.74) is 3.59. The molecule has 4 heteroatoms. The maximum atomic E-state index is 10.5. The van der Waals surface area contributed by atoms with Gasteiger partial charge in [0, 0.05) is 33.4 Å². The molecule has 0 aromatic heterocycles. The molecular formula is C22H31NO3. The Kier molecular flexibility index (Phi) is 8.62. The van der Waals surface area contributed by atoms with Crippen LogP contribution < -0.4 is 4.74 Å². The standard InChI is InChI=1S/C22H31NO3/c1-18-8-6-10-20(14-18)15-23(12-7-13-25-3)16-21(24)17-26-22-11-5-4-9-19(22)2/h4-6,8-11,14,21,24H,7,12-13,15-17H2,1-3H3. The second kappa shape index (κ2) is 11.0. The predicted octanol–water partition coefficient (Wildman–Crippen LogP) is 3.58. The zero-order valence-corrected chi connectivity index (χ0v) is 16.1. The van der Waals surface area contributed by atoms with Crippen molar-refractivity contribution in [2.75, 3.05) is 33.4 Å². The van der Waals surface area contributed by atoms with Crippen LogP contribution in [-0.2, 0) is 11.3 Å². The van der Waals surface area contributed by atoms with E-state index in [1.807, 2.05) is 31.2 Å². The Morgan fingerprint density at radius 3 is 2.62 bits per heavy atom. The van der Waals surface area contributed by atoms with E-state index in [1.165, 1.54) is 11.1 Å². The Hall–Kier alpha value is -1.88. The predicted molar refractivity (Wildman–Crippen MR) is 106 cm³/mol. The minimum Gasteiger partial charge on any atom is -0.491 e. The van der Waals surface area contributed by atoms with Crippen LogP contribution in [0.1, 0.15) is 23.1 Å². The first-order chi connectivity index (χ1) is 12.6. The van der Waals surface area contributed by atoms with Gasteiger partial charge in [0.15, 0.2) is 0 Å². The summed E-state index contributed by atoms with van der Waals surface area (Å²) < 4.78 is 11.0. The highest BCUT2D eigenvalue weighted by Gasteiger charge is 2.14. The van der Waals surface area contributed by atoms with Gasteiger partial charge in [0.2, 0.25) is 0 Å². The van der Waals surface area contributed by atoms with Crippen molar-refractivity contribution in [2.45, 2.75) is 32.9 Å². The average Bonchev–Trinajstić information content (AvgIpc) is 2.61. The quantitative estimate of drug-likeness (QED) is 0.624. The monoisotopic (exact) mass is 357 g/mol. The van der Waals surface area contributed by atoms with Crippen LogP contribution in [0.25, 0.3) is 0 Å². The summed E-state index contributed by atoms with van der Waals surface area (Å²) in [6, 6.07) is 16.4. The highest BCUT2D eigenvalue weighted by Crippen LogP contribution is 2.16. The lowest BCUT2D eigenvalue weighted by Crippen LogP contribution is -2.36. The summed E-state index contributed by atoms with van der Waals surface area (Å²) in [5, 5.41) is 10.5. The van der Waals surface area contributed by atoms with Crippen LogP contribution in [0.3, 0.4) is 0 Å². The van der Waals surface area contributed by atoms with Crippen LogP contribution in [0.15, 0.2) is 48.5 Å². The second-order valence-corrected chi connectivity index (χ2v) is 6.80. The van der Waals surface area contributed by atoms with Gasteiger partial charge in [0.05, 0.1) is 0 Å². The number of ether oxygens (including phenoxy) is 2. The third-order valence-corrected chi connectivity index (χ3v) is 4.31. The molecule has 0 radical (unpaired) electrons. The third-order valence-electron chi connectivity index (χ3n) is 4.31. The SMILES string of the molecule is COCCCN(Cc1cccc(C)c1)CC(O)COc1ccccc1C. The zero-order valence-electron chi connectivity index (χ0n) is 16.1. The number of hydrogen-bond acceptors (Lipinski definition) is 4. The molecule has 0 fully saturated rings. The van der Waals surface area contributed by atoms with E-state index in [0.717, 1.165) is 37.4 Å². The van der Waals surface area contributed by atoms with Gasteiger partial charge in [-0.05, 0) is 37.5 Å². The Labute approximate surface area is 157 Å². The molecule has 0 heterocycles. The molecule has 2 aromatic rings. The van der Waals surface area contributed by atoms with Gasteiger partial charge in [-0.2, -0.15) is 0 Å². The molecule has 1 atom stereocenters. The lowest BCUT2D eigenvalue weighted by atomic mass is 10.1. The molecule has 2 rings (SSSR count). The summed E-state index contributed by atoms with van der Waals surface area (Å²) in [4.78, 5) is 2.26. The first kappa shape index (κ1) is 20.4. The van der Waals surface area contributed by atoms with Crippen LogP contribution in [-0.4, -0.2) is 49.5 Å². The van der Waals surface area contributed by atoms with Crippen molar-refractivity contribution in [1.82, 2.24) is 4.90 Å². The van der Waals surface area contributed by atoms with E-state index in [4.69, 9.17) is 9.47 Å². The lowest BCUT2D eigenvalue weighted by molar-refractivity contribution is 0.0615. The van der Waals surface area contributed by atoms with Crippen molar-refractivity contribution in [1.29, 1.82) is 0 Å². The molecule has 0 aliphatic heterocycles. The van der Waals surface area contributed by atoms with Crippen LogP contribution in [0.2, 0.25) is 0 Å². The fourth-order valence-electron chi connectivity index (χ4n) is 2.99. The Bertz CT molecular complexity index is 659. The highest BCUT2D eigenvalue weighted by atomic mass is 16.5. The molecule has 0 spiro atoms. The molecule has 1 N–H and O–H groups in total. The van der Waals surface area contributed by atoms with Gasteiger partial charge in [-0.3, -0.25) is 4.90 Å². The van der Waals surface area contributed by atoms with Crippen LogP contribution >= 0.6 is 0 Å². The zero-order chi connectivity index (χ0) is 18.8. The van der Waals surface area contributed by atoms with Crippen molar-refractivity contribution in [3.63, 3.8) is 0 Å². The molecule has 142 valence electrons. The number of methoxy groups -OCH3 is 1. The smallest absolute Gasteiger partial charge is 0.122 e. The minimum absolute atomic E-state index is 0.291. The van der Waals surface area contributed by atoms with Gasteiger partial charge in [-0.25, -0.2) is 0 Å². The largest absolute Gasteiger partial charge is 0.491 e. The first-order valence-electron chi connectivity index (χ1n) is 9.22. The molecule has 0 saturated heterocycles. The summed E-state index contributed by atoms with van der Waals surface area (Å²) >= 11 is 0. The third kappa shape index (κ3) is 7.16. The van der Waals surface area contributed by atoms with Gasteiger partial charge in [0.25, 0.3) is 0 Å². The average molecular weight is 357 g/mol. The molecule has 0 aliphatic rings. The first-order valence-corrected chi connectivity index (χ1v) is 9.22. The van der Waals surface area contributed by atoms with E-state index in [-0.39, 0.29) is 0 Å². The van der Waals surface area contributed by atoms with Crippen molar-refractivity contribution in [3.05, 3.63) is 65.2 Å². The Morgan fingerprint density at radius 2 is 1.88 bits per heavy atom. The van der Waals surface area contributed by atoms with E-state index in [2.05, 4.69) is 36.1 Å². The minimum atomic E-state index is -0.540. The van der Waals surface area contributed by atoms with Crippen molar-refractivity contribution >= 4 is 0 Å². The second-order valence-electron chi connectivity index (χ2n) is 6.80. The van der Waals surface area contributed by atoms with Crippen LogP contribution in [0.5, 0.6) is 5.75 Å². The van der Waals surface area contributed by atoms with E-state index in [0.29, 0.717) is 13.2 Å². The molecule has 0 amide bonds. The Morgan fingerprint density at radius 1 is 1.08 bits per heavy atom. The van der Waals surface area contributed by atoms with E-state index >= 15 is 0 Å². The van der Waals surface area contributed by atoms with Crippen LogP contribution in [0, 0.1) is 13.8 Å². The molecule has 26 heavy (non-hydrogen) atoms. The normalized spacial score (nSPS) is 12.3. The van der Waals surface area contributed by atoms with Crippen molar-refractivity contribution in [2.24, 2.45) is 0 Å². The van der Waals surface area contributed by atoms with Gasteiger partial charge in [-0.15, -0.1) is 0 Å². The lowest BCUT2D eigenvalue weighted by Gasteiger charge is -2.25. The van der Waals surface area contributed by atoms with E-state index in [9.17, 15) is 5.11 Å². The number of aryl methyl sites for hydroxylation is 2. The topological polar surface area (TPSA) is 41.9 Å². The van der Waals surface area contributed by atoms with Gasteiger partial charge >= 0.3 is 0 Å². The van der Waals surface area contributed by atoms with E-state index in [1.54, 1.807) is 7.11 Å². The number of para-hydroxylation sites is 1. The van der Waals surface area contributed by atoms with Gasteiger partial charge < -0.3 is 14.6 Å². The number of rotatable bonds is 11. The summed E-state index contributed by atoms with van der Waals surface area (Å²) in [6.45, 7) is 7.39. The highest BCUT2D eigenvalue weighted by molar-refractivity contribution is 5.31. The molecule has 2 aromatic carbocycles. The molecule has 0 saturated carbocycles. The Balaban J connectivity index is 1.90. The summed E-state index contributed by atoms with van der Waals surface area (Å²) in [7, 11) is 1.72. The number of benzene rings is 2. The molecule has 4 nitrogen and oxygen atoms in total. The van der Waals surface area contributed by atoms with Crippen molar-refractivity contribution < 1.29 is 14.6 Å². The maximum Gasteiger partial charge on any atom is 0.122 e. The number of nitrogens with zero attached hydrogens (tertiary/aromatic N) is 1. The van der Waals surface area contributed by atoms with E-state index < -0.39 is 6.10 Å². The molecule has 1 unspecified atom stereocenters. The molecule has 0 bridgehead atoms. The number of hydrogen-bond donors (Lipinski definition) is 1. The molecule has 0 aliphatic carbocycles. The number of aliphatic hydroxyl groups is 1. The van der Waals surface area contributed by atoms with Gasteiger partial charge in [0.1, 0.15) is 18.5 Å².